The van der Waals surface area contributed by atoms with E-state index in [2.05, 4.69) is 35.9 Å². The SMILES string of the molecule is Cc1ccccc1[C@H]1CN(C2CCN(C)CC2)C[C@@H]1C(=O)O. The first-order valence-corrected chi connectivity index (χ1v) is 8.27. The van der Waals surface area contributed by atoms with Crippen LogP contribution in [-0.2, 0) is 4.79 Å². The van der Waals surface area contributed by atoms with Crippen LogP contribution in [0.5, 0.6) is 0 Å². The number of aryl methyl sites for hydroxylation is 1. The van der Waals surface area contributed by atoms with Gasteiger partial charge in [0.15, 0.2) is 0 Å². The predicted molar refractivity (Wildman–Crippen MR) is 87.1 cm³/mol. The number of hydrogen-bond donors (Lipinski definition) is 1. The Morgan fingerprint density at radius 2 is 1.86 bits per heavy atom. The average molecular weight is 302 g/mol. The highest BCUT2D eigenvalue weighted by Gasteiger charge is 2.41. The van der Waals surface area contributed by atoms with Gasteiger partial charge in [-0.25, -0.2) is 0 Å². The lowest BCUT2D eigenvalue weighted by molar-refractivity contribution is -0.141. The number of aliphatic carboxylic acids is 1. The van der Waals surface area contributed by atoms with Crippen LogP contribution in [0.3, 0.4) is 0 Å². The van der Waals surface area contributed by atoms with E-state index >= 15 is 0 Å². The molecule has 1 aromatic rings. The summed E-state index contributed by atoms with van der Waals surface area (Å²) in [5, 5.41) is 9.66. The summed E-state index contributed by atoms with van der Waals surface area (Å²) in [6, 6.07) is 8.80. The molecule has 3 rings (SSSR count). The van der Waals surface area contributed by atoms with Gasteiger partial charge in [0, 0.05) is 25.0 Å². The summed E-state index contributed by atoms with van der Waals surface area (Å²) < 4.78 is 0. The molecular weight excluding hydrogens is 276 g/mol. The van der Waals surface area contributed by atoms with Gasteiger partial charge >= 0.3 is 5.97 Å². The molecular formula is C18H26N2O2. The van der Waals surface area contributed by atoms with Crippen molar-refractivity contribution in [1.82, 2.24) is 9.80 Å². The second-order valence-electron chi connectivity index (χ2n) is 6.90. The van der Waals surface area contributed by atoms with Crippen LogP contribution in [0.2, 0.25) is 0 Å². The van der Waals surface area contributed by atoms with Crippen molar-refractivity contribution in [2.45, 2.75) is 31.7 Å². The van der Waals surface area contributed by atoms with Crippen molar-refractivity contribution in [1.29, 1.82) is 0 Å². The van der Waals surface area contributed by atoms with Gasteiger partial charge in [-0.3, -0.25) is 9.69 Å². The molecule has 2 heterocycles. The van der Waals surface area contributed by atoms with Gasteiger partial charge in [-0.1, -0.05) is 24.3 Å². The first-order chi connectivity index (χ1) is 10.6. The standard InChI is InChI=1S/C18H26N2O2/c1-13-5-3-4-6-15(13)16-11-20(12-17(16)18(21)22)14-7-9-19(2)10-8-14/h3-6,14,16-17H,7-12H2,1-2H3,(H,21,22)/t16-,17+/m1/s1. The van der Waals surface area contributed by atoms with Gasteiger partial charge < -0.3 is 10.0 Å². The van der Waals surface area contributed by atoms with Crippen LogP contribution in [-0.4, -0.2) is 60.1 Å². The number of likely N-dealkylation sites (tertiary alicyclic amines) is 2. The molecule has 2 saturated heterocycles. The Morgan fingerprint density at radius 3 is 2.50 bits per heavy atom. The van der Waals surface area contributed by atoms with E-state index in [1.54, 1.807) is 0 Å². The van der Waals surface area contributed by atoms with E-state index in [0.29, 0.717) is 12.6 Å². The zero-order chi connectivity index (χ0) is 15.7. The molecule has 2 aliphatic heterocycles. The first kappa shape index (κ1) is 15.5. The molecule has 0 unspecified atom stereocenters. The lowest BCUT2D eigenvalue weighted by atomic mass is 9.86. The normalized spacial score (nSPS) is 28.1. The Labute approximate surface area is 132 Å². The number of nitrogens with zero attached hydrogens (tertiary/aromatic N) is 2. The topological polar surface area (TPSA) is 43.8 Å². The molecule has 4 nitrogen and oxygen atoms in total. The summed E-state index contributed by atoms with van der Waals surface area (Å²) >= 11 is 0. The van der Waals surface area contributed by atoms with Crippen molar-refractivity contribution in [3.05, 3.63) is 35.4 Å². The molecule has 0 spiro atoms. The summed E-state index contributed by atoms with van der Waals surface area (Å²) in [6.45, 7) is 5.91. The minimum atomic E-state index is -0.649. The number of hydrogen-bond acceptors (Lipinski definition) is 3. The minimum Gasteiger partial charge on any atom is -0.481 e. The van der Waals surface area contributed by atoms with Gasteiger partial charge in [-0.15, -0.1) is 0 Å². The van der Waals surface area contributed by atoms with E-state index in [0.717, 1.165) is 32.5 Å². The lowest BCUT2D eigenvalue weighted by Gasteiger charge is -2.35. The Kier molecular flexibility index (Phi) is 4.50. The van der Waals surface area contributed by atoms with Crippen LogP contribution >= 0.6 is 0 Å². The molecule has 1 aromatic carbocycles. The third-order valence-corrected chi connectivity index (χ3v) is 5.46. The molecule has 0 aromatic heterocycles. The van der Waals surface area contributed by atoms with E-state index in [4.69, 9.17) is 0 Å². The Balaban J connectivity index is 1.78. The third-order valence-electron chi connectivity index (χ3n) is 5.46. The van der Waals surface area contributed by atoms with Crippen molar-refractivity contribution in [3.63, 3.8) is 0 Å². The highest BCUT2D eigenvalue weighted by molar-refractivity contribution is 5.72. The number of rotatable bonds is 3. The Bertz CT molecular complexity index is 538. The maximum atomic E-state index is 11.7. The zero-order valence-electron chi connectivity index (χ0n) is 13.5. The summed E-state index contributed by atoms with van der Waals surface area (Å²) in [5.74, 6) is -0.803. The van der Waals surface area contributed by atoms with Crippen molar-refractivity contribution < 1.29 is 9.90 Å². The second-order valence-corrected chi connectivity index (χ2v) is 6.90. The van der Waals surface area contributed by atoms with E-state index in [9.17, 15) is 9.90 Å². The summed E-state index contributed by atoms with van der Waals surface area (Å²) in [7, 11) is 2.16. The van der Waals surface area contributed by atoms with Gasteiger partial charge in [-0.05, 0) is 51.0 Å². The fourth-order valence-electron chi connectivity index (χ4n) is 4.06. The smallest absolute Gasteiger partial charge is 0.308 e. The summed E-state index contributed by atoms with van der Waals surface area (Å²) in [4.78, 5) is 16.5. The molecule has 22 heavy (non-hydrogen) atoms. The third kappa shape index (κ3) is 3.03. The van der Waals surface area contributed by atoms with Crippen molar-refractivity contribution in [2.24, 2.45) is 5.92 Å². The highest BCUT2D eigenvalue weighted by Crippen LogP contribution is 2.36. The number of carboxylic acid groups (broad SMARTS) is 1. The number of benzene rings is 1. The Hall–Kier alpha value is -1.39. The van der Waals surface area contributed by atoms with Crippen LogP contribution in [0.15, 0.2) is 24.3 Å². The molecule has 1 N–H and O–H groups in total. The van der Waals surface area contributed by atoms with Crippen molar-refractivity contribution in [2.75, 3.05) is 33.2 Å². The van der Waals surface area contributed by atoms with Gasteiger partial charge in [0.25, 0.3) is 0 Å². The second kappa shape index (κ2) is 6.39. The quantitative estimate of drug-likeness (QED) is 0.929. The largest absolute Gasteiger partial charge is 0.481 e. The number of piperidine rings is 1. The zero-order valence-corrected chi connectivity index (χ0v) is 13.5. The van der Waals surface area contributed by atoms with Gasteiger partial charge in [0.1, 0.15) is 0 Å². The van der Waals surface area contributed by atoms with Gasteiger partial charge in [0.05, 0.1) is 5.92 Å². The molecule has 4 heteroatoms. The van der Waals surface area contributed by atoms with Gasteiger partial charge in [0.2, 0.25) is 0 Å². The van der Waals surface area contributed by atoms with E-state index in [1.807, 2.05) is 12.1 Å². The molecule has 0 aliphatic carbocycles. The molecule has 2 fully saturated rings. The number of carboxylic acids is 1. The van der Waals surface area contributed by atoms with E-state index in [-0.39, 0.29) is 11.8 Å². The van der Waals surface area contributed by atoms with Crippen molar-refractivity contribution in [3.8, 4) is 0 Å². The van der Waals surface area contributed by atoms with E-state index < -0.39 is 5.97 Å². The van der Waals surface area contributed by atoms with Crippen LogP contribution in [0.4, 0.5) is 0 Å². The molecule has 120 valence electrons. The van der Waals surface area contributed by atoms with Crippen LogP contribution < -0.4 is 0 Å². The molecule has 2 aliphatic rings. The van der Waals surface area contributed by atoms with Gasteiger partial charge in [-0.2, -0.15) is 0 Å². The molecule has 0 amide bonds. The molecule has 0 radical (unpaired) electrons. The average Bonchev–Trinajstić information content (AvgIpc) is 2.93. The van der Waals surface area contributed by atoms with Crippen LogP contribution in [0, 0.1) is 12.8 Å². The molecule has 0 saturated carbocycles. The summed E-state index contributed by atoms with van der Waals surface area (Å²) in [5.41, 5.74) is 2.43. The van der Waals surface area contributed by atoms with Crippen LogP contribution in [0.1, 0.15) is 29.9 Å². The maximum absolute atomic E-state index is 11.7. The predicted octanol–water partition coefficient (Wildman–Crippen LogP) is 2.19. The first-order valence-electron chi connectivity index (χ1n) is 8.27. The Morgan fingerprint density at radius 1 is 1.18 bits per heavy atom. The van der Waals surface area contributed by atoms with Crippen molar-refractivity contribution >= 4 is 5.97 Å². The highest BCUT2D eigenvalue weighted by atomic mass is 16.4. The maximum Gasteiger partial charge on any atom is 0.308 e. The van der Waals surface area contributed by atoms with E-state index in [1.165, 1.54) is 11.1 Å². The molecule has 0 bridgehead atoms. The number of carbonyl (C=O) groups is 1. The lowest BCUT2D eigenvalue weighted by Crippen LogP contribution is -2.43. The fourth-order valence-corrected chi connectivity index (χ4v) is 4.06. The molecule has 2 atom stereocenters. The minimum absolute atomic E-state index is 0.123. The van der Waals surface area contributed by atoms with Crippen LogP contribution in [0.25, 0.3) is 0 Å². The fraction of sp³-hybridized carbons (Fsp3) is 0.611. The summed E-state index contributed by atoms with van der Waals surface area (Å²) in [6.07, 6.45) is 2.31. The monoisotopic (exact) mass is 302 g/mol.